The first-order valence-corrected chi connectivity index (χ1v) is 3.15. The summed E-state index contributed by atoms with van der Waals surface area (Å²) in [6.07, 6.45) is 2.34. The van der Waals surface area contributed by atoms with E-state index in [-0.39, 0.29) is 0 Å². The molecule has 1 rings (SSSR count). The summed E-state index contributed by atoms with van der Waals surface area (Å²) in [5.41, 5.74) is 4.92. The molecule has 5 nitrogen and oxygen atoms in total. The molecule has 0 aliphatic rings. The van der Waals surface area contributed by atoms with Crippen LogP contribution in [-0.2, 0) is 0 Å². The summed E-state index contributed by atoms with van der Waals surface area (Å²) >= 11 is 0. The van der Waals surface area contributed by atoms with E-state index in [4.69, 9.17) is 10.5 Å². The van der Waals surface area contributed by atoms with E-state index < -0.39 is 11.9 Å². The van der Waals surface area contributed by atoms with Crippen LogP contribution in [0.3, 0.4) is 0 Å². The fraction of sp³-hybridized carbons (Fsp3) is 0.333. The van der Waals surface area contributed by atoms with Crippen LogP contribution in [0.15, 0.2) is 17.2 Å². The number of ether oxygens (including phenoxy) is 1. The molecule has 0 aromatic carbocycles. The largest absolute Gasteiger partial charge is 0.473 e. The molecular weight excluding hydrogens is 146 g/mol. The Hall–Kier alpha value is -1.36. The number of aromatic amines is 1. The lowest BCUT2D eigenvalue weighted by molar-refractivity contribution is 0.228. The van der Waals surface area contributed by atoms with Gasteiger partial charge in [0.15, 0.2) is 5.75 Å². The van der Waals surface area contributed by atoms with Gasteiger partial charge in [-0.25, -0.2) is 4.79 Å². The molecule has 0 spiro atoms. The third-order valence-electron chi connectivity index (χ3n) is 0.969. The van der Waals surface area contributed by atoms with Crippen molar-refractivity contribution in [3.05, 3.63) is 22.9 Å². The third kappa shape index (κ3) is 2.38. The molecule has 60 valence electrons. The highest BCUT2D eigenvalue weighted by Gasteiger charge is 1.96. The lowest BCUT2D eigenvalue weighted by atomic mass is 10.6. The molecular formula is C6H9N3O2. The Bertz CT molecular complexity index is 261. The second-order valence-electron chi connectivity index (χ2n) is 2.08. The Morgan fingerprint density at radius 1 is 1.82 bits per heavy atom. The van der Waals surface area contributed by atoms with E-state index in [2.05, 4.69) is 9.97 Å². The van der Waals surface area contributed by atoms with Crippen molar-refractivity contribution in [1.29, 1.82) is 0 Å². The minimum Gasteiger partial charge on any atom is -0.473 e. The lowest BCUT2D eigenvalue weighted by Crippen LogP contribution is -2.23. The van der Waals surface area contributed by atoms with Crippen LogP contribution in [0.25, 0.3) is 0 Å². The summed E-state index contributed by atoms with van der Waals surface area (Å²) in [4.78, 5) is 16.3. The standard InChI is InChI=1S/C6H9N3O2/c1-4(7)11-5-2-8-6(10)9-3-5/h2-4H,7H2,1H3,(H,8,9,10). The summed E-state index contributed by atoms with van der Waals surface area (Å²) < 4.78 is 5.01. The molecule has 5 heteroatoms. The minimum atomic E-state index is -0.401. The van der Waals surface area contributed by atoms with Crippen LogP contribution in [0.4, 0.5) is 0 Å². The highest BCUT2D eigenvalue weighted by molar-refractivity contribution is 5.10. The topological polar surface area (TPSA) is 81.0 Å². The van der Waals surface area contributed by atoms with Crippen LogP contribution in [0.1, 0.15) is 6.92 Å². The van der Waals surface area contributed by atoms with Crippen LogP contribution in [0.5, 0.6) is 5.75 Å². The lowest BCUT2D eigenvalue weighted by Gasteiger charge is -2.06. The molecule has 0 fully saturated rings. The molecule has 0 aliphatic carbocycles. The van der Waals surface area contributed by atoms with E-state index in [1.807, 2.05) is 0 Å². The number of H-pyrrole nitrogens is 1. The van der Waals surface area contributed by atoms with Gasteiger partial charge in [-0.2, -0.15) is 4.98 Å². The average molecular weight is 155 g/mol. The van der Waals surface area contributed by atoms with Gasteiger partial charge in [-0.1, -0.05) is 0 Å². The summed E-state index contributed by atoms with van der Waals surface area (Å²) in [7, 11) is 0. The molecule has 1 aromatic heterocycles. The maximum absolute atomic E-state index is 10.5. The SMILES string of the molecule is CC(N)Oc1cnc(=O)[nH]c1. The number of nitrogens with one attached hydrogen (secondary N) is 1. The second-order valence-corrected chi connectivity index (χ2v) is 2.08. The zero-order chi connectivity index (χ0) is 8.27. The van der Waals surface area contributed by atoms with Gasteiger partial charge < -0.3 is 9.72 Å². The van der Waals surface area contributed by atoms with E-state index in [0.717, 1.165) is 0 Å². The fourth-order valence-electron chi connectivity index (χ4n) is 0.609. The van der Waals surface area contributed by atoms with Gasteiger partial charge in [0.05, 0.1) is 6.20 Å². The van der Waals surface area contributed by atoms with Crippen LogP contribution < -0.4 is 16.2 Å². The quantitative estimate of drug-likeness (QED) is 0.561. The molecule has 1 unspecified atom stereocenters. The van der Waals surface area contributed by atoms with Crippen molar-refractivity contribution >= 4 is 0 Å². The van der Waals surface area contributed by atoms with Gasteiger partial charge in [0.2, 0.25) is 0 Å². The van der Waals surface area contributed by atoms with E-state index in [1.54, 1.807) is 6.92 Å². The van der Waals surface area contributed by atoms with Gasteiger partial charge in [0.25, 0.3) is 0 Å². The molecule has 0 saturated heterocycles. The Labute approximate surface area is 63.2 Å². The van der Waals surface area contributed by atoms with Crippen molar-refractivity contribution in [2.75, 3.05) is 0 Å². The molecule has 3 N–H and O–H groups in total. The maximum atomic E-state index is 10.5. The Morgan fingerprint density at radius 2 is 2.55 bits per heavy atom. The van der Waals surface area contributed by atoms with Crippen LogP contribution in [-0.4, -0.2) is 16.2 Å². The first-order valence-electron chi connectivity index (χ1n) is 3.15. The van der Waals surface area contributed by atoms with Gasteiger partial charge in [0.1, 0.15) is 6.23 Å². The van der Waals surface area contributed by atoms with E-state index in [0.29, 0.717) is 5.75 Å². The van der Waals surface area contributed by atoms with E-state index in [1.165, 1.54) is 12.4 Å². The molecule has 1 heterocycles. The molecule has 1 aromatic rings. The van der Waals surface area contributed by atoms with Crippen LogP contribution in [0.2, 0.25) is 0 Å². The zero-order valence-electron chi connectivity index (χ0n) is 6.07. The number of hydrogen-bond donors (Lipinski definition) is 2. The highest BCUT2D eigenvalue weighted by atomic mass is 16.5. The number of rotatable bonds is 2. The first kappa shape index (κ1) is 7.74. The molecule has 1 atom stereocenters. The fourth-order valence-corrected chi connectivity index (χ4v) is 0.609. The number of nitrogens with two attached hydrogens (primary N) is 1. The summed E-state index contributed by atoms with van der Waals surface area (Å²) in [5, 5.41) is 0. The highest BCUT2D eigenvalue weighted by Crippen LogP contribution is 2.02. The summed E-state index contributed by atoms with van der Waals surface area (Å²) in [6.45, 7) is 1.69. The van der Waals surface area contributed by atoms with Crippen molar-refractivity contribution < 1.29 is 4.74 Å². The number of aromatic nitrogens is 2. The van der Waals surface area contributed by atoms with Gasteiger partial charge in [0, 0.05) is 6.20 Å². The maximum Gasteiger partial charge on any atom is 0.345 e. The van der Waals surface area contributed by atoms with Crippen molar-refractivity contribution in [3.63, 3.8) is 0 Å². The normalized spacial score (nSPS) is 12.5. The second kappa shape index (κ2) is 3.16. The Morgan fingerprint density at radius 3 is 3.00 bits per heavy atom. The molecule has 0 aliphatic heterocycles. The van der Waals surface area contributed by atoms with E-state index in [9.17, 15) is 4.79 Å². The van der Waals surface area contributed by atoms with Crippen LogP contribution in [0, 0.1) is 0 Å². The van der Waals surface area contributed by atoms with Crippen molar-refractivity contribution in [3.8, 4) is 5.75 Å². The molecule has 0 bridgehead atoms. The van der Waals surface area contributed by atoms with Gasteiger partial charge >= 0.3 is 5.69 Å². The average Bonchev–Trinajstić information content (AvgIpc) is 1.93. The Kier molecular flexibility index (Phi) is 2.22. The molecule has 0 amide bonds. The third-order valence-corrected chi connectivity index (χ3v) is 0.969. The first-order chi connectivity index (χ1) is 5.18. The van der Waals surface area contributed by atoms with Crippen molar-refractivity contribution in [1.82, 2.24) is 9.97 Å². The summed E-state index contributed by atoms with van der Waals surface area (Å²) in [5.74, 6) is 0.458. The zero-order valence-corrected chi connectivity index (χ0v) is 6.07. The molecule has 0 radical (unpaired) electrons. The molecule has 0 saturated carbocycles. The van der Waals surface area contributed by atoms with Gasteiger partial charge in [-0.15, -0.1) is 0 Å². The predicted molar refractivity (Wildman–Crippen MR) is 39.1 cm³/mol. The summed E-state index contributed by atoms with van der Waals surface area (Å²) in [6, 6.07) is 0. The van der Waals surface area contributed by atoms with E-state index >= 15 is 0 Å². The van der Waals surface area contributed by atoms with Crippen molar-refractivity contribution in [2.45, 2.75) is 13.2 Å². The van der Waals surface area contributed by atoms with Crippen LogP contribution >= 0.6 is 0 Å². The molecule has 11 heavy (non-hydrogen) atoms. The monoisotopic (exact) mass is 155 g/mol. The number of nitrogens with zero attached hydrogens (tertiary/aromatic N) is 1. The minimum absolute atomic E-state index is 0.400. The van der Waals surface area contributed by atoms with Gasteiger partial charge in [-0.3, -0.25) is 5.73 Å². The Balaban J connectivity index is 2.74. The van der Waals surface area contributed by atoms with Gasteiger partial charge in [-0.05, 0) is 6.92 Å². The predicted octanol–water partition coefficient (Wildman–Crippen LogP) is -0.547. The smallest absolute Gasteiger partial charge is 0.345 e. The number of hydrogen-bond acceptors (Lipinski definition) is 4. The van der Waals surface area contributed by atoms with Crippen molar-refractivity contribution in [2.24, 2.45) is 5.73 Å².